The SMILES string of the molecule is Cn1cncc1C1CCN(c2ccnc(S(C)(=O)=O)c2-c2nnn[nH]2)CC1. The molecule has 0 radical (unpaired) electrons. The second kappa shape index (κ2) is 6.72. The lowest BCUT2D eigenvalue weighted by atomic mass is 9.93. The van der Waals surface area contributed by atoms with Crippen molar-refractivity contribution in [3.8, 4) is 11.4 Å². The molecule has 0 bridgehead atoms. The Labute approximate surface area is 156 Å². The lowest BCUT2D eigenvalue weighted by Gasteiger charge is -2.34. The van der Waals surface area contributed by atoms with E-state index in [1.54, 1.807) is 0 Å². The lowest BCUT2D eigenvalue weighted by molar-refractivity contribution is 0.485. The first-order valence-corrected chi connectivity index (χ1v) is 10.5. The van der Waals surface area contributed by atoms with E-state index in [2.05, 4.69) is 40.1 Å². The van der Waals surface area contributed by atoms with E-state index in [0.717, 1.165) is 37.9 Å². The van der Waals surface area contributed by atoms with Crippen molar-refractivity contribution in [2.75, 3.05) is 24.2 Å². The second-order valence-corrected chi connectivity index (χ2v) is 8.65. The lowest BCUT2D eigenvalue weighted by Crippen LogP contribution is -2.34. The third-order valence-corrected chi connectivity index (χ3v) is 5.95. The van der Waals surface area contributed by atoms with Gasteiger partial charge >= 0.3 is 0 Å². The second-order valence-electron chi connectivity index (χ2n) is 6.72. The number of pyridine rings is 1. The summed E-state index contributed by atoms with van der Waals surface area (Å²) in [5.74, 6) is 0.729. The van der Waals surface area contributed by atoms with Crippen LogP contribution in [-0.4, -0.2) is 62.9 Å². The largest absolute Gasteiger partial charge is 0.371 e. The van der Waals surface area contributed by atoms with Gasteiger partial charge in [-0.15, -0.1) is 5.10 Å². The van der Waals surface area contributed by atoms with Gasteiger partial charge in [0, 0.05) is 50.4 Å². The van der Waals surface area contributed by atoms with E-state index in [1.807, 2.05) is 25.6 Å². The number of hydrogen-bond acceptors (Lipinski definition) is 8. The molecule has 11 heteroatoms. The molecule has 0 amide bonds. The van der Waals surface area contributed by atoms with E-state index in [4.69, 9.17) is 0 Å². The normalized spacial score (nSPS) is 16.0. The number of aromatic amines is 1. The Morgan fingerprint density at radius 2 is 2.04 bits per heavy atom. The Balaban J connectivity index is 1.68. The van der Waals surface area contributed by atoms with Gasteiger partial charge in [0.25, 0.3) is 0 Å². The van der Waals surface area contributed by atoms with Crippen LogP contribution in [0.1, 0.15) is 24.5 Å². The van der Waals surface area contributed by atoms with Crippen molar-refractivity contribution in [3.05, 3.63) is 30.5 Å². The summed E-state index contributed by atoms with van der Waals surface area (Å²) < 4.78 is 26.6. The first kappa shape index (κ1) is 17.6. The summed E-state index contributed by atoms with van der Waals surface area (Å²) in [7, 11) is -1.53. The smallest absolute Gasteiger partial charge is 0.193 e. The van der Waals surface area contributed by atoms with Crippen LogP contribution in [0.15, 0.2) is 29.8 Å². The molecule has 1 saturated heterocycles. The Kier molecular flexibility index (Phi) is 4.38. The van der Waals surface area contributed by atoms with Gasteiger partial charge in [-0.3, -0.25) is 0 Å². The van der Waals surface area contributed by atoms with Crippen molar-refractivity contribution >= 4 is 15.5 Å². The minimum atomic E-state index is -3.54. The van der Waals surface area contributed by atoms with Crippen molar-refractivity contribution in [1.82, 2.24) is 35.2 Å². The first-order valence-electron chi connectivity index (χ1n) is 8.59. The Hall–Kier alpha value is -2.82. The summed E-state index contributed by atoms with van der Waals surface area (Å²) >= 11 is 0. The summed E-state index contributed by atoms with van der Waals surface area (Å²) in [6.45, 7) is 1.58. The van der Waals surface area contributed by atoms with Crippen molar-refractivity contribution in [2.45, 2.75) is 23.8 Å². The van der Waals surface area contributed by atoms with Gasteiger partial charge in [0.15, 0.2) is 20.7 Å². The first-order chi connectivity index (χ1) is 12.9. The number of H-pyrrole nitrogens is 1. The summed E-state index contributed by atoms with van der Waals surface area (Å²) in [6, 6.07) is 1.82. The summed E-state index contributed by atoms with van der Waals surface area (Å²) in [4.78, 5) is 10.5. The van der Waals surface area contributed by atoms with Gasteiger partial charge in [-0.1, -0.05) is 0 Å². The van der Waals surface area contributed by atoms with Crippen LogP contribution in [0.2, 0.25) is 0 Å². The highest BCUT2D eigenvalue weighted by atomic mass is 32.2. The quantitative estimate of drug-likeness (QED) is 0.696. The molecule has 0 aromatic carbocycles. The number of sulfone groups is 1. The predicted octanol–water partition coefficient (Wildman–Crippen LogP) is 0.783. The highest BCUT2D eigenvalue weighted by molar-refractivity contribution is 7.90. The fraction of sp³-hybridized carbons (Fsp3) is 0.438. The number of aryl methyl sites for hydroxylation is 1. The number of nitrogens with zero attached hydrogens (tertiary/aromatic N) is 7. The zero-order valence-corrected chi connectivity index (χ0v) is 15.9. The van der Waals surface area contributed by atoms with Crippen LogP contribution in [-0.2, 0) is 16.9 Å². The molecule has 0 saturated carbocycles. The van der Waals surface area contributed by atoms with Crippen LogP contribution in [0.4, 0.5) is 5.69 Å². The number of hydrogen-bond donors (Lipinski definition) is 1. The number of tetrazole rings is 1. The maximum Gasteiger partial charge on any atom is 0.193 e. The Bertz CT molecular complexity index is 1040. The summed E-state index contributed by atoms with van der Waals surface area (Å²) in [6.07, 6.45) is 8.29. The third-order valence-electron chi connectivity index (χ3n) is 4.94. The molecule has 0 spiro atoms. The van der Waals surface area contributed by atoms with Crippen molar-refractivity contribution < 1.29 is 8.42 Å². The van der Waals surface area contributed by atoms with Gasteiger partial charge in [0.2, 0.25) is 0 Å². The molecular formula is C16H20N8O2S. The fourth-order valence-corrected chi connectivity index (χ4v) is 4.47. The maximum absolute atomic E-state index is 12.3. The topological polar surface area (TPSA) is 123 Å². The number of imidazole rings is 1. The van der Waals surface area contributed by atoms with E-state index >= 15 is 0 Å². The average molecular weight is 388 g/mol. The van der Waals surface area contributed by atoms with Crippen LogP contribution in [0.25, 0.3) is 11.4 Å². The summed E-state index contributed by atoms with van der Waals surface area (Å²) in [5.41, 5.74) is 2.41. The minimum Gasteiger partial charge on any atom is -0.371 e. The summed E-state index contributed by atoms with van der Waals surface area (Å²) in [5, 5.41) is 13.8. The molecule has 142 valence electrons. The molecular weight excluding hydrogens is 368 g/mol. The molecule has 3 aromatic rings. The van der Waals surface area contributed by atoms with Crippen LogP contribution < -0.4 is 4.90 Å². The molecule has 4 rings (SSSR count). The zero-order valence-electron chi connectivity index (χ0n) is 15.1. The number of anilines is 1. The standard InChI is InChI=1S/C16H20N8O2S/c1-23-10-17-9-13(23)11-4-7-24(8-5-11)12-3-6-18-16(27(2,25)26)14(12)15-19-21-22-20-15/h3,6,9-11H,4-5,7-8H2,1-2H3,(H,19,20,21,22). The van der Waals surface area contributed by atoms with Crippen molar-refractivity contribution in [3.63, 3.8) is 0 Å². The maximum atomic E-state index is 12.3. The number of nitrogens with one attached hydrogen (secondary N) is 1. The highest BCUT2D eigenvalue weighted by Crippen LogP contribution is 2.36. The van der Waals surface area contributed by atoms with E-state index in [0.29, 0.717) is 17.3 Å². The highest BCUT2D eigenvalue weighted by Gasteiger charge is 2.28. The Morgan fingerprint density at radius 1 is 1.26 bits per heavy atom. The third kappa shape index (κ3) is 3.29. The molecule has 1 fully saturated rings. The molecule has 10 nitrogen and oxygen atoms in total. The van der Waals surface area contributed by atoms with E-state index in [9.17, 15) is 8.42 Å². The molecule has 27 heavy (non-hydrogen) atoms. The average Bonchev–Trinajstić information content (AvgIpc) is 3.32. The van der Waals surface area contributed by atoms with E-state index < -0.39 is 9.84 Å². The zero-order chi connectivity index (χ0) is 19.0. The molecule has 4 heterocycles. The van der Waals surface area contributed by atoms with Gasteiger partial charge in [0.05, 0.1) is 17.6 Å². The number of aromatic nitrogens is 7. The van der Waals surface area contributed by atoms with Crippen LogP contribution in [0.5, 0.6) is 0 Å². The molecule has 0 aliphatic carbocycles. The van der Waals surface area contributed by atoms with Gasteiger partial charge in [-0.05, 0) is 29.3 Å². The van der Waals surface area contributed by atoms with Gasteiger partial charge in [0.1, 0.15) is 0 Å². The number of piperidine rings is 1. The molecule has 3 aromatic heterocycles. The van der Waals surface area contributed by atoms with Crippen molar-refractivity contribution in [2.24, 2.45) is 7.05 Å². The van der Waals surface area contributed by atoms with Gasteiger partial charge < -0.3 is 9.47 Å². The van der Waals surface area contributed by atoms with Gasteiger partial charge in [-0.2, -0.15) is 0 Å². The molecule has 1 aliphatic heterocycles. The monoisotopic (exact) mass is 388 g/mol. The van der Waals surface area contributed by atoms with E-state index in [-0.39, 0.29) is 5.03 Å². The molecule has 0 unspecified atom stereocenters. The van der Waals surface area contributed by atoms with Gasteiger partial charge in [-0.25, -0.2) is 23.5 Å². The Morgan fingerprint density at radius 3 is 2.63 bits per heavy atom. The predicted molar refractivity (Wildman–Crippen MR) is 97.9 cm³/mol. The van der Waals surface area contributed by atoms with Crippen LogP contribution in [0.3, 0.4) is 0 Å². The molecule has 0 atom stereocenters. The van der Waals surface area contributed by atoms with Crippen LogP contribution >= 0.6 is 0 Å². The van der Waals surface area contributed by atoms with E-state index in [1.165, 1.54) is 11.9 Å². The van der Waals surface area contributed by atoms with Crippen molar-refractivity contribution in [1.29, 1.82) is 0 Å². The minimum absolute atomic E-state index is 0.0210. The molecule has 1 aliphatic rings. The molecule has 1 N–H and O–H groups in total. The van der Waals surface area contributed by atoms with Crippen LogP contribution in [0, 0.1) is 0 Å². The fourth-order valence-electron chi connectivity index (χ4n) is 3.64. The number of rotatable bonds is 4.